The quantitative estimate of drug-likeness (QED) is 0.493. The topological polar surface area (TPSA) is 68.5 Å². The molecule has 1 aliphatic rings. The van der Waals surface area contributed by atoms with Crippen LogP contribution in [0.4, 0.5) is 5.69 Å². The van der Waals surface area contributed by atoms with Crippen molar-refractivity contribution in [1.29, 1.82) is 0 Å². The van der Waals surface area contributed by atoms with Crippen molar-refractivity contribution in [2.24, 2.45) is 5.92 Å². The summed E-state index contributed by atoms with van der Waals surface area (Å²) in [5.41, 5.74) is 2.39. The lowest BCUT2D eigenvalue weighted by molar-refractivity contribution is 0.153. The highest BCUT2D eigenvalue weighted by Gasteiger charge is 2.30. The van der Waals surface area contributed by atoms with Gasteiger partial charge in [0.05, 0.1) is 26.8 Å². The monoisotopic (exact) mass is 450 g/mol. The van der Waals surface area contributed by atoms with Crippen molar-refractivity contribution < 1.29 is 9.47 Å². The Morgan fingerprint density at radius 3 is 2.03 bits per heavy atom. The molecule has 2 aromatic carbocycles. The molecule has 1 fully saturated rings. The van der Waals surface area contributed by atoms with E-state index in [2.05, 4.69) is 63.4 Å². The van der Waals surface area contributed by atoms with Crippen molar-refractivity contribution in [3.8, 4) is 11.5 Å². The molecular weight excluding hydrogens is 416 g/mol. The molecular formula is C25H34N6O2. The van der Waals surface area contributed by atoms with Crippen LogP contribution in [0.25, 0.3) is 0 Å². The first-order valence-corrected chi connectivity index (χ1v) is 11.6. The Labute approximate surface area is 196 Å². The molecule has 0 saturated carbocycles. The van der Waals surface area contributed by atoms with Crippen LogP contribution < -0.4 is 14.4 Å². The lowest BCUT2D eigenvalue weighted by Gasteiger charge is -2.40. The van der Waals surface area contributed by atoms with Gasteiger partial charge >= 0.3 is 0 Å². The Morgan fingerprint density at radius 2 is 1.45 bits per heavy atom. The van der Waals surface area contributed by atoms with Crippen molar-refractivity contribution in [3.05, 3.63) is 59.9 Å². The zero-order valence-corrected chi connectivity index (χ0v) is 20.0. The van der Waals surface area contributed by atoms with E-state index in [-0.39, 0.29) is 6.04 Å². The summed E-state index contributed by atoms with van der Waals surface area (Å²) in [4.78, 5) is 4.97. The van der Waals surface area contributed by atoms with Gasteiger partial charge in [-0.15, -0.1) is 5.10 Å². The minimum atomic E-state index is 0.191. The third kappa shape index (κ3) is 5.63. The van der Waals surface area contributed by atoms with E-state index >= 15 is 0 Å². The molecule has 8 heteroatoms. The lowest BCUT2D eigenvalue weighted by Crippen LogP contribution is -2.48. The molecule has 8 nitrogen and oxygen atoms in total. The fourth-order valence-corrected chi connectivity index (χ4v) is 4.42. The second-order valence-corrected chi connectivity index (χ2v) is 8.91. The fraction of sp³-hybridized carbons (Fsp3) is 0.480. The van der Waals surface area contributed by atoms with Gasteiger partial charge in [0.2, 0.25) is 0 Å². The maximum Gasteiger partial charge on any atom is 0.168 e. The van der Waals surface area contributed by atoms with Crippen LogP contribution in [-0.2, 0) is 6.54 Å². The second kappa shape index (κ2) is 10.7. The molecule has 0 N–H and O–H groups in total. The van der Waals surface area contributed by atoms with Crippen molar-refractivity contribution in [3.63, 3.8) is 0 Å². The first kappa shape index (κ1) is 23.0. The average molecular weight is 451 g/mol. The normalized spacial score (nSPS) is 15.6. The molecule has 0 spiro atoms. The molecule has 1 atom stereocenters. The van der Waals surface area contributed by atoms with E-state index in [1.165, 1.54) is 5.69 Å². The van der Waals surface area contributed by atoms with Crippen molar-refractivity contribution in [1.82, 2.24) is 25.1 Å². The number of aromatic nitrogens is 4. The summed E-state index contributed by atoms with van der Waals surface area (Å²) in [5, 5.41) is 12.9. The number of benzene rings is 2. The molecule has 1 saturated heterocycles. The van der Waals surface area contributed by atoms with E-state index in [9.17, 15) is 0 Å². The number of anilines is 1. The Bertz CT molecular complexity index is 994. The molecule has 33 heavy (non-hydrogen) atoms. The van der Waals surface area contributed by atoms with Gasteiger partial charge in [-0.05, 0) is 64.7 Å². The molecule has 1 aliphatic heterocycles. The van der Waals surface area contributed by atoms with E-state index in [0.29, 0.717) is 12.5 Å². The van der Waals surface area contributed by atoms with Gasteiger partial charge in [0.25, 0.3) is 0 Å². The lowest BCUT2D eigenvalue weighted by atomic mass is 10.0. The molecule has 4 rings (SSSR count). The number of hydrogen-bond acceptors (Lipinski definition) is 7. The minimum Gasteiger partial charge on any atom is -0.497 e. The minimum absolute atomic E-state index is 0.191. The van der Waals surface area contributed by atoms with Crippen LogP contribution in [0.15, 0.2) is 48.5 Å². The number of methoxy groups -OCH3 is 2. The SMILES string of the molecule is COc1ccc(Cn2nnnc2[C@H](CC(C)C)N2CCN(c3ccc(OC)cc3)CC2)cc1. The van der Waals surface area contributed by atoms with Crippen LogP contribution in [0, 0.1) is 5.92 Å². The van der Waals surface area contributed by atoms with Crippen LogP contribution in [0.5, 0.6) is 11.5 Å². The zero-order chi connectivity index (χ0) is 23.2. The van der Waals surface area contributed by atoms with Crippen LogP contribution in [0.3, 0.4) is 0 Å². The Balaban J connectivity index is 1.47. The molecule has 0 aliphatic carbocycles. The molecule has 0 radical (unpaired) electrons. The van der Waals surface area contributed by atoms with Gasteiger partial charge in [-0.25, -0.2) is 4.68 Å². The largest absolute Gasteiger partial charge is 0.497 e. The van der Waals surface area contributed by atoms with Crippen LogP contribution >= 0.6 is 0 Å². The molecule has 3 aromatic rings. The summed E-state index contributed by atoms with van der Waals surface area (Å²) in [6, 6.07) is 16.6. The zero-order valence-electron chi connectivity index (χ0n) is 20.0. The standard InChI is InChI=1S/C25H34N6O2/c1-19(2)17-24(25-26-27-28-31(25)18-20-5-9-22(32-3)10-6-20)30-15-13-29(14-16-30)21-7-11-23(33-4)12-8-21/h5-12,19,24H,13-18H2,1-4H3/t24-/m0/s1. The number of tetrazole rings is 1. The van der Waals surface area contributed by atoms with Crippen LogP contribution in [0.1, 0.15) is 37.7 Å². The molecule has 0 unspecified atom stereocenters. The average Bonchev–Trinajstić information content (AvgIpc) is 3.31. The van der Waals surface area contributed by atoms with Crippen molar-refractivity contribution in [2.45, 2.75) is 32.9 Å². The highest BCUT2D eigenvalue weighted by molar-refractivity contribution is 5.49. The third-order valence-corrected chi connectivity index (χ3v) is 6.24. The molecule has 0 amide bonds. The maximum atomic E-state index is 5.29. The summed E-state index contributed by atoms with van der Waals surface area (Å²) in [6.45, 7) is 9.06. The highest BCUT2D eigenvalue weighted by Crippen LogP contribution is 2.29. The number of piperazine rings is 1. The van der Waals surface area contributed by atoms with E-state index < -0.39 is 0 Å². The van der Waals surface area contributed by atoms with Gasteiger partial charge in [0.15, 0.2) is 5.82 Å². The van der Waals surface area contributed by atoms with Gasteiger partial charge in [-0.3, -0.25) is 4.90 Å². The number of ether oxygens (including phenoxy) is 2. The van der Waals surface area contributed by atoms with E-state index in [0.717, 1.165) is 55.5 Å². The van der Waals surface area contributed by atoms with Crippen molar-refractivity contribution >= 4 is 5.69 Å². The highest BCUT2D eigenvalue weighted by atomic mass is 16.5. The molecule has 1 aromatic heterocycles. The maximum absolute atomic E-state index is 5.29. The van der Waals surface area contributed by atoms with Gasteiger partial charge in [-0.2, -0.15) is 0 Å². The van der Waals surface area contributed by atoms with Gasteiger partial charge in [0, 0.05) is 31.9 Å². The van der Waals surface area contributed by atoms with Gasteiger partial charge < -0.3 is 14.4 Å². The number of nitrogens with zero attached hydrogens (tertiary/aromatic N) is 6. The first-order chi connectivity index (χ1) is 16.1. The number of hydrogen-bond donors (Lipinski definition) is 0. The summed E-state index contributed by atoms with van der Waals surface area (Å²) in [5.74, 6) is 3.22. The Kier molecular flexibility index (Phi) is 7.44. The third-order valence-electron chi connectivity index (χ3n) is 6.24. The number of rotatable bonds is 9. The first-order valence-electron chi connectivity index (χ1n) is 11.6. The van der Waals surface area contributed by atoms with E-state index in [1.54, 1.807) is 14.2 Å². The predicted molar refractivity (Wildman–Crippen MR) is 129 cm³/mol. The molecule has 176 valence electrons. The fourth-order valence-electron chi connectivity index (χ4n) is 4.42. The smallest absolute Gasteiger partial charge is 0.168 e. The Hall–Kier alpha value is -3.13. The summed E-state index contributed by atoms with van der Waals surface area (Å²) < 4.78 is 12.5. The van der Waals surface area contributed by atoms with Crippen LogP contribution in [-0.4, -0.2) is 65.5 Å². The summed E-state index contributed by atoms with van der Waals surface area (Å²) in [7, 11) is 3.38. The van der Waals surface area contributed by atoms with Crippen LogP contribution in [0.2, 0.25) is 0 Å². The predicted octanol–water partition coefficient (Wildman–Crippen LogP) is 3.65. The molecule has 0 bridgehead atoms. The van der Waals surface area contributed by atoms with E-state index in [1.807, 2.05) is 28.9 Å². The van der Waals surface area contributed by atoms with Gasteiger partial charge in [-0.1, -0.05) is 26.0 Å². The van der Waals surface area contributed by atoms with E-state index in [4.69, 9.17) is 9.47 Å². The summed E-state index contributed by atoms with van der Waals surface area (Å²) >= 11 is 0. The second-order valence-electron chi connectivity index (χ2n) is 8.91. The summed E-state index contributed by atoms with van der Waals surface area (Å²) in [6.07, 6.45) is 1.02. The molecule has 2 heterocycles. The van der Waals surface area contributed by atoms with Gasteiger partial charge in [0.1, 0.15) is 11.5 Å². The van der Waals surface area contributed by atoms with Crippen molar-refractivity contribution in [2.75, 3.05) is 45.3 Å². The Morgan fingerprint density at radius 1 is 0.848 bits per heavy atom.